The van der Waals surface area contributed by atoms with Gasteiger partial charge in [-0.15, -0.1) is 11.3 Å². The maximum absolute atomic E-state index is 5.12. The Labute approximate surface area is 100 Å². The van der Waals surface area contributed by atoms with Gasteiger partial charge in [-0.05, 0) is 47.7 Å². The zero-order valence-corrected chi connectivity index (χ0v) is 10.3. The summed E-state index contributed by atoms with van der Waals surface area (Å²) in [6.07, 6.45) is 4.28. The Balaban J connectivity index is 2.14. The summed E-state index contributed by atoms with van der Waals surface area (Å²) in [4.78, 5) is 1.32. The molecule has 0 aliphatic heterocycles. The largest absolute Gasteiger partial charge is 0.497 e. The van der Waals surface area contributed by atoms with E-state index in [2.05, 4.69) is 42.7 Å². The highest BCUT2D eigenvalue weighted by molar-refractivity contribution is 7.11. The maximum atomic E-state index is 5.12. The lowest BCUT2D eigenvalue weighted by atomic mass is 10.2. The first kappa shape index (κ1) is 11.0. The van der Waals surface area contributed by atoms with Crippen molar-refractivity contribution in [3.63, 3.8) is 0 Å². The normalized spacial score (nSPS) is 10.9. The summed E-state index contributed by atoms with van der Waals surface area (Å²) in [6, 6.07) is 10.2. The van der Waals surface area contributed by atoms with Crippen LogP contribution in [0.3, 0.4) is 0 Å². The van der Waals surface area contributed by atoms with Crippen LogP contribution in [0.4, 0.5) is 0 Å². The highest BCUT2D eigenvalue weighted by Crippen LogP contribution is 2.19. The summed E-state index contributed by atoms with van der Waals surface area (Å²) in [6.45, 7) is 2.13. The van der Waals surface area contributed by atoms with E-state index in [-0.39, 0.29) is 0 Å². The second kappa shape index (κ2) is 4.99. The van der Waals surface area contributed by atoms with Crippen molar-refractivity contribution < 1.29 is 4.74 Å². The van der Waals surface area contributed by atoms with E-state index < -0.39 is 0 Å². The second-order valence-electron chi connectivity index (χ2n) is 3.57. The fourth-order valence-corrected chi connectivity index (χ4v) is 2.26. The van der Waals surface area contributed by atoms with Gasteiger partial charge in [-0.25, -0.2) is 0 Å². The molecule has 0 unspecified atom stereocenters. The first-order valence-corrected chi connectivity index (χ1v) is 6.04. The molecule has 1 aromatic carbocycles. The van der Waals surface area contributed by atoms with Gasteiger partial charge in [0, 0.05) is 4.88 Å². The van der Waals surface area contributed by atoms with E-state index in [9.17, 15) is 0 Å². The molecule has 2 rings (SSSR count). The lowest BCUT2D eigenvalue weighted by Gasteiger charge is -1.98. The third kappa shape index (κ3) is 2.52. The van der Waals surface area contributed by atoms with Crippen LogP contribution in [0.25, 0.3) is 12.2 Å². The molecular formula is C14H14OS. The van der Waals surface area contributed by atoms with Crippen molar-refractivity contribution in [3.05, 3.63) is 51.7 Å². The summed E-state index contributed by atoms with van der Waals surface area (Å²) in [7, 11) is 1.68. The minimum atomic E-state index is 0.893. The minimum absolute atomic E-state index is 0.893. The molecule has 82 valence electrons. The lowest BCUT2D eigenvalue weighted by Crippen LogP contribution is -1.81. The van der Waals surface area contributed by atoms with Crippen LogP contribution in [0, 0.1) is 6.92 Å². The number of benzene rings is 1. The van der Waals surface area contributed by atoms with Gasteiger partial charge in [-0.1, -0.05) is 18.2 Å². The molecule has 0 radical (unpaired) electrons. The average Bonchev–Trinajstić information content (AvgIpc) is 2.73. The Hall–Kier alpha value is -1.54. The molecule has 0 N–H and O–H groups in total. The quantitative estimate of drug-likeness (QED) is 0.766. The molecule has 0 aliphatic rings. The number of ether oxygens (including phenoxy) is 1. The van der Waals surface area contributed by atoms with E-state index in [1.807, 2.05) is 12.1 Å². The molecule has 16 heavy (non-hydrogen) atoms. The first-order chi connectivity index (χ1) is 7.79. The summed E-state index contributed by atoms with van der Waals surface area (Å²) in [5, 5.41) is 2.11. The summed E-state index contributed by atoms with van der Waals surface area (Å²) in [5.74, 6) is 0.893. The van der Waals surface area contributed by atoms with Crippen molar-refractivity contribution in [2.45, 2.75) is 6.92 Å². The van der Waals surface area contributed by atoms with E-state index in [0.29, 0.717) is 0 Å². The number of rotatable bonds is 3. The Morgan fingerprint density at radius 1 is 1.06 bits per heavy atom. The minimum Gasteiger partial charge on any atom is -0.497 e. The van der Waals surface area contributed by atoms with E-state index >= 15 is 0 Å². The van der Waals surface area contributed by atoms with Crippen molar-refractivity contribution in [3.8, 4) is 5.75 Å². The van der Waals surface area contributed by atoms with Crippen LogP contribution >= 0.6 is 11.3 Å². The fraction of sp³-hybridized carbons (Fsp3) is 0.143. The molecule has 0 spiro atoms. The van der Waals surface area contributed by atoms with Crippen LogP contribution in [-0.4, -0.2) is 7.11 Å². The van der Waals surface area contributed by atoms with Crippen LogP contribution in [0.1, 0.15) is 16.0 Å². The van der Waals surface area contributed by atoms with Crippen molar-refractivity contribution in [1.29, 1.82) is 0 Å². The van der Waals surface area contributed by atoms with Crippen LogP contribution in [-0.2, 0) is 0 Å². The maximum Gasteiger partial charge on any atom is 0.118 e. The average molecular weight is 230 g/mol. The molecule has 2 heteroatoms. The van der Waals surface area contributed by atoms with Crippen LogP contribution in [0.15, 0.2) is 35.7 Å². The molecule has 0 aliphatic carbocycles. The van der Waals surface area contributed by atoms with Crippen molar-refractivity contribution in [2.24, 2.45) is 0 Å². The number of thiophene rings is 1. The molecule has 0 saturated heterocycles. The Kier molecular flexibility index (Phi) is 3.42. The van der Waals surface area contributed by atoms with Gasteiger partial charge in [0.25, 0.3) is 0 Å². The number of methoxy groups -OCH3 is 1. The monoisotopic (exact) mass is 230 g/mol. The highest BCUT2D eigenvalue weighted by Gasteiger charge is 1.94. The molecule has 0 fully saturated rings. The molecule has 0 bridgehead atoms. The smallest absolute Gasteiger partial charge is 0.118 e. The summed E-state index contributed by atoms with van der Waals surface area (Å²) in [5.41, 5.74) is 2.52. The van der Waals surface area contributed by atoms with Crippen LogP contribution in [0.2, 0.25) is 0 Å². The Bertz CT molecular complexity index is 480. The molecule has 2 aromatic rings. The first-order valence-electron chi connectivity index (χ1n) is 5.16. The molecule has 1 heterocycles. The third-order valence-corrected chi connectivity index (χ3v) is 3.43. The number of aryl methyl sites for hydroxylation is 1. The fourth-order valence-electron chi connectivity index (χ4n) is 1.44. The van der Waals surface area contributed by atoms with Gasteiger partial charge >= 0.3 is 0 Å². The molecule has 1 aromatic heterocycles. The number of hydrogen-bond acceptors (Lipinski definition) is 2. The van der Waals surface area contributed by atoms with Crippen LogP contribution < -0.4 is 4.74 Å². The van der Waals surface area contributed by atoms with Gasteiger partial charge < -0.3 is 4.74 Å². The zero-order chi connectivity index (χ0) is 11.4. The van der Waals surface area contributed by atoms with Crippen molar-refractivity contribution in [2.75, 3.05) is 7.11 Å². The third-order valence-electron chi connectivity index (χ3n) is 2.44. The van der Waals surface area contributed by atoms with Gasteiger partial charge in [-0.2, -0.15) is 0 Å². The predicted octanol–water partition coefficient (Wildman–Crippen LogP) is 4.24. The molecule has 1 nitrogen and oxygen atoms in total. The zero-order valence-electron chi connectivity index (χ0n) is 9.44. The summed E-state index contributed by atoms with van der Waals surface area (Å²) < 4.78 is 5.12. The predicted molar refractivity (Wildman–Crippen MR) is 71.0 cm³/mol. The molecule has 0 saturated carbocycles. The van der Waals surface area contributed by atoms with Gasteiger partial charge in [0.15, 0.2) is 0 Å². The van der Waals surface area contributed by atoms with Gasteiger partial charge in [0.1, 0.15) is 5.75 Å². The Morgan fingerprint density at radius 2 is 1.81 bits per heavy atom. The number of hydrogen-bond donors (Lipinski definition) is 0. The SMILES string of the molecule is COc1ccc(/C=C/c2sccc2C)cc1. The van der Waals surface area contributed by atoms with Gasteiger partial charge in [0.05, 0.1) is 7.11 Å². The second-order valence-corrected chi connectivity index (χ2v) is 4.52. The molecule has 0 amide bonds. The summed E-state index contributed by atoms with van der Waals surface area (Å²) >= 11 is 1.76. The van der Waals surface area contributed by atoms with E-state index in [0.717, 1.165) is 5.75 Å². The van der Waals surface area contributed by atoms with E-state index in [4.69, 9.17) is 4.74 Å². The van der Waals surface area contributed by atoms with Crippen molar-refractivity contribution in [1.82, 2.24) is 0 Å². The van der Waals surface area contributed by atoms with Crippen LogP contribution in [0.5, 0.6) is 5.75 Å². The van der Waals surface area contributed by atoms with Crippen molar-refractivity contribution >= 4 is 23.5 Å². The molecular weight excluding hydrogens is 216 g/mol. The van der Waals surface area contributed by atoms with E-state index in [1.165, 1.54) is 16.0 Å². The highest BCUT2D eigenvalue weighted by atomic mass is 32.1. The van der Waals surface area contributed by atoms with E-state index in [1.54, 1.807) is 18.4 Å². The standard InChI is InChI=1S/C14H14OS/c1-11-9-10-16-14(11)8-5-12-3-6-13(15-2)7-4-12/h3-10H,1-2H3/b8-5+. The Morgan fingerprint density at radius 3 is 2.38 bits per heavy atom. The van der Waals surface area contributed by atoms with Gasteiger partial charge in [0.2, 0.25) is 0 Å². The lowest BCUT2D eigenvalue weighted by molar-refractivity contribution is 0.415. The molecule has 0 atom stereocenters. The van der Waals surface area contributed by atoms with Gasteiger partial charge in [-0.3, -0.25) is 0 Å². The topological polar surface area (TPSA) is 9.23 Å².